The molecule has 0 fully saturated rings. The van der Waals surface area contributed by atoms with Crippen LogP contribution in [-0.4, -0.2) is 11.8 Å². The Labute approximate surface area is 121 Å². The van der Waals surface area contributed by atoms with Crippen molar-refractivity contribution >= 4 is 30.1 Å². The molecular formula is C14H13N3O2S. The molecule has 0 heterocycles. The zero-order valence-corrected chi connectivity index (χ0v) is 11.4. The Balaban J connectivity index is 2.03. The molecule has 0 radical (unpaired) electrons. The summed E-state index contributed by atoms with van der Waals surface area (Å²) in [7, 11) is 0. The summed E-state index contributed by atoms with van der Waals surface area (Å²) in [6.07, 6.45) is 0. The largest absolute Gasteiger partial charge is 0.398 e. The number of anilines is 1. The van der Waals surface area contributed by atoms with Crippen molar-refractivity contribution in [1.29, 1.82) is 0 Å². The van der Waals surface area contributed by atoms with Crippen molar-refractivity contribution in [1.82, 2.24) is 10.9 Å². The van der Waals surface area contributed by atoms with Crippen LogP contribution in [0.3, 0.4) is 0 Å². The van der Waals surface area contributed by atoms with Gasteiger partial charge in [-0.2, -0.15) is 0 Å². The van der Waals surface area contributed by atoms with Crippen LogP contribution < -0.4 is 16.6 Å². The van der Waals surface area contributed by atoms with Crippen molar-refractivity contribution < 1.29 is 9.59 Å². The molecule has 0 atom stereocenters. The summed E-state index contributed by atoms with van der Waals surface area (Å²) < 4.78 is 0. The van der Waals surface area contributed by atoms with Gasteiger partial charge in [0, 0.05) is 10.6 Å². The van der Waals surface area contributed by atoms with Gasteiger partial charge in [-0.1, -0.05) is 24.3 Å². The van der Waals surface area contributed by atoms with Gasteiger partial charge in [0.25, 0.3) is 11.8 Å². The molecule has 2 aromatic carbocycles. The minimum atomic E-state index is -0.479. The lowest BCUT2D eigenvalue weighted by Gasteiger charge is -2.09. The number of nitrogens with two attached hydrogens (primary N) is 1. The molecule has 0 saturated carbocycles. The number of para-hydroxylation sites is 1. The number of hydrazine groups is 1. The molecule has 0 unspecified atom stereocenters. The van der Waals surface area contributed by atoms with Gasteiger partial charge in [-0.25, -0.2) is 0 Å². The highest BCUT2D eigenvalue weighted by Gasteiger charge is 2.12. The molecule has 5 nitrogen and oxygen atoms in total. The van der Waals surface area contributed by atoms with Gasteiger partial charge >= 0.3 is 0 Å². The predicted octanol–water partition coefficient (Wildman–Crippen LogP) is 1.63. The SMILES string of the molecule is Nc1ccccc1C(=O)NNC(=O)c1ccccc1S. The standard InChI is InChI=1S/C14H13N3O2S/c15-11-7-3-1-5-9(11)13(18)16-17-14(19)10-6-2-4-8-12(10)20/h1-8,20H,15H2,(H,16,18)(H,17,19). The fraction of sp³-hybridized carbons (Fsp3) is 0. The molecule has 4 N–H and O–H groups in total. The van der Waals surface area contributed by atoms with Crippen LogP contribution in [-0.2, 0) is 0 Å². The topological polar surface area (TPSA) is 84.2 Å². The molecule has 20 heavy (non-hydrogen) atoms. The zero-order valence-electron chi connectivity index (χ0n) is 10.5. The third kappa shape index (κ3) is 3.10. The van der Waals surface area contributed by atoms with Gasteiger partial charge in [-0.05, 0) is 24.3 Å². The molecule has 0 spiro atoms. The Kier molecular flexibility index (Phi) is 4.27. The van der Waals surface area contributed by atoms with Gasteiger partial charge in [-0.3, -0.25) is 20.4 Å². The number of carbonyl (C=O) groups excluding carboxylic acids is 2. The highest BCUT2D eigenvalue weighted by molar-refractivity contribution is 7.80. The van der Waals surface area contributed by atoms with E-state index in [2.05, 4.69) is 23.5 Å². The second kappa shape index (κ2) is 6.12. The number of carbonyl (C=O) groups is 2. The summed E-state index contributed by atoms with van der Waals surface area (Å²) >= 11 is 4.17. The molecule has 102 valence electrons. The quantitative estimate of drug-likeness (QED) is 0.385. The first kappa shape index (κ1) is 14.0. The number of hydrogen-bond donors (Lipinski definition) is 4. The molecule has 2 amide bonds. The highest BCUT2D eigenvalue weighted by Crippen LogP contribution is 2.12. The van der Waals surface area contributed by atoms with Crippen molar-refractivity contribution in [2.24, 2.45) is 0 Å². The van der Waals surface area contributed by atoms with Crippen LogP contribution >= 0.6 is 12.6 Å². The minimum Gasteiger partial charge on any atom is -0.398 e. The average Bonchev–Trinajstić information content (AvgIpc) is 2.45. The van der Waals surface area contributed by atoms with E-state index in [1.807, 2.05) is 0 Å². The van der Waals surface area contributed by atoms with Gasteiger partial charge in [-0.15, -0.1) is 12.6 Å². The van der Waals surface area contributed by atoms with Crippen LogP contribution in [0.2, 0.25) is 0 Å². The van der Waals surface area contributed by atoms with Crippen LogP contribution in [0.15, 0.2) is 53.4 Å². The van der Waals surface area contributed by atoms with E-state index in [-0.39, 0.29) is 0 Å². The van der Waals surface area contributed by atoms with Crippen molar-refractivity contribution in [3.63, 3.8) is 0 Å². The van der Waals surface area contributed by atoms with Crippen molar-refractivity contribution in [2.45, 2.75) is 4.90 Å². The normalized spacial score (nSPS) is 9.85. The maximum absolute atomic E-state index is 11.9. The monoisotopic (exact) mass is 287 g/mol. The summed E-state index contributed by atoms with van der Waals surface area (Å²) in [5.41, 5.74) is 11.3. The first-order valence-electron chi connectivity index (χ1n) is 5.83. The van der Waals surface area contributed by atoms with E-state index in [4.69, 9.17) is 5.73 Å². The molecule has 0 bridgehead atoms. The molecule has 6 heteroatoms. The summed E-state index contributed by atoms with van der Waals surface area (Å²) in [6.45, 7) is 0. The molecule has 0 saturated heterocycles. The van der Waals surface area contributed by atoms with E-state index in [0.717, 1.165) is 0 Å². The number of benzene rings is 2. The Morgan fingerprint density at radius 3 is 1.95 bits per heavy atom. The van der Waals surface area contributed by atoms with Gasteiger partial charge in [0.1, 0.15) is 0 Å². The maximum atomic E-state index is 11.9. The highest BCUT2D eigenvalue weighted by atomic mass is 32.1. The summed E-state index contributed by atoms with van der Waals surface area (Å²) in [6, 6.07) is 13.4. The van der Waals surface area contributed by atoms with Gasteiger partial charge in [0.15, 0.2) is 0 Å². The predicted molar refractivity (Wildman–Crippen MR) is 79.5 cm³/mol. The van der Waals surface area contributed by atoms with Crippen molar-refractivity contribution in [3.05, 3.63) is 59.7 Å². The number of hydrogen-bond acceptors (Lipinski definition) is 4. The molecule has 0 aliphatic carbocycles. The number of thiol groups is 1. The Hall–Kier alpha value is -2.47. The van der Waals surface area contributed by atoms with Gasteiger partial charge < -0.3 is 5.73 Å². The second-order valence-electron chi connectivity index (χ2n) is 4.01. The van der Waals surface area contributed by atoms with Crippen molar-refractivity contribution in [2.75, 3.05) is 5.73 Å². The number of nitrogens with one attached hydrogen (secondary N) is 2. The lowest BCUT2D eigenvalue weighted by atomic mass is 10.2. The number of nitrogen functional groups attached to an aromatic ring is 1. The first-order chi connectivity index (χ1) is 9.59. The van der Waals surface area contributed by atoms with Gasteiger partial charge in [0.05, 0.1) is 11.1 Å². The van der Waals surface area contributed by atoms with E-state index in [1.165, 1.54) is 0 Å². The van der Waals surface area contributed by atoms with E-state index in [1.54, 1.807) is 48.5 Å². The summed E-state index contributed by atoms with van der Waals surface area (Å²) in [4.78, 5) is 24.3. The molecule has 0 aliphatic heterocycles. The minimum absolute atomic E-state index is 0.298. The molecule has 2 rings (SSSR count). The smallest absolute Gasteiger partial charge is 0.271 e. The Bertz CT molecular complexity index is 601. The van der Waals surface area contributed by atoms with E-state index in [0.29, 0.717) is 21.7 Å². The van der Waals surface area contributed by atoms with Crippen LogP contribution in [0.4, 0.5) is 5.69 Å². The number of rotatable bonds is 2. The van der Waals surface area contributed by atoms with Crippen LogP contribution in [0.5, 0.6) is 0 Å². The second-order valence-corrected chi connectivity index (χ2v) is 4.49. The first-order valence-corrected chi connectivity index (χ1v) is 6.27. The molecule has 0 aliphatic rings. The third-order valence-corrected chi connectivity index (χ3v) is 3.03. The summed E-state index contributed by atoms with van der Waals surface area (Å²) in [5, 5.41) is 0. The Morgan fingerprint density at radius 1 is 0.850 bits per heavy atom. The lowest BCUT2D eigenvalue weighted by molar-refractivity contribution is 0.0845. The fourth-order valence-corrected chi connectivity index (χ4v) is 1.88. The van der Waals surface area contributed by atoms with Gasteiger partial charge in [0.2, 0.25) is 0 Å². The molecular weight excluding hydrogens is 274 g/mol. The number of amides is 2. The maximum Gasteiger partial charge on any atom is 0.271 e. The lowest BCUT2D eigenvalue weighted by Crippen LogP contribution is -2.42. The van der Waals surface area contributed by atoms with Crippen LogP contribution in [0.1, 0.15) is 20.7 Å². The average molecular weight is 287 g/mol. The summed E-state index contributed by atoms with van der Waals surface area (Å²) in [5.74, 6) is -0.924. The van der Waals surface area contributed by atoms with E-state index < -0.39 is 11.8 Å². The van der Waals surface area contributed by atoms with Crippen molar-refractivity contribution in [3.8, 4) is 0 Å². The molecule has 0 aromatic heterocycles. The van der Waals surface area contributed by atoms with Crippen LogP contribution in [0.25, 0.3) is 0 Å². The Morgan fingerprint density at radius 2 is 1.35 bits per heavy atom. The van der Waals surface area contributed by atoms with E-state index in [9.17, 15) is 9.59 Å². The zero-order chi connectivity index (χ0) is 14.5. The van der Waals surface area contributed by atoms with Crippen LogP contribution in [0, 0.1) is 0 Å². The van der Waals surface area contributed by atoms with E-state index >= 15 is 0 Å². The fourth-order valence-electron chi connectivity index (χ4n) is 1.62. The third-order valence-electron chi connectivity index (χ3n) is 2.64. The molecule has 2 aromatic rings.